The fraction of sp³-hybridized carbons (Fsp3) is 0.538. The topological polar surface area (TPSA) is 98.7 Å². The number of benzene rings is 2. The number of likely N-dealkylation sites (tertiary alicyclic amines) is 1. The molecule has 1 atom stereocenters. The predicted molar refractivity (Wildman–Crippen MR) is 134 cm³/mol. The van der Waals surface area contributed by atoms with Crippen molar-refractivity contribution in [2.24, 2.45) is 10.9 Å². The van der Waals surface area contributed by atoms with E-state index in [1.807, 2.05) is 36.4 Å². The number of sulfonamides is 1. The van der Waals surface area contributed by atoms with Crippen molar-refractivity contribution in [3.05, 3.63) is 59.2 Å². The van der Waals surface area contributed by atoms with Gasteiger partial charge >= 0.3 is 0 Å². The molecule has 1 aliphatic heterocycles. The summed E-state index contributed by atoms with van der Waals surface area (Å²) in [5.74, 6) is 0.624. The number of primary sulfonamides is 1. The van der Waals surface area contributed by atoms with E-state index in [-0.39, 0.29) is 10.9 Å². The van der Waals surface area contributed by atoms with Crippen LogP contribution in [0, 0.1) is 0 Å². The van der Waals surface area contributed by atoms with Crippen LogP contribution in [0.2, 0.25) is 0 Å². The molecule has 0 spiro atoms. The summed E-state index contributed by atoms with van der Waals surface area (Å²) in [6.45, 7) is 5.40. The third-order valence-corrected chi connectivity index (χ3v) is 7.37. The van der Waals surface area contributed by atoms with Crippen LogP contribution in [0.15, 0.2) is 47.4 Å². The first-order valence-electron chi connectivity index (χ1n) is 12.2. The second-order valence-electron chi connectivity index (χ2n) is 9.01. The Labute approximate surface area is 199 Å². The molecule has 2 aromatic carbocycles. The average molecular weight is 474 g/mol. The van der Waals surface area contributed by atoms with Crippen LogP contribution in [0.5, 0.6) is 5.75 Å². The van der Waals surface area contributed by atoms with Crippen LogP contribution >= 0.6 is 0 Å². The number of piperidine rings is 1. The van der Waals surface area contributed by atoms with Crippen molar-refractivity contribution in [3.8, 4) is 5.75 Å². The molecule has 6 nitrogen and oxygen atoms in total. The van der Waals surface area contributed by atoms with Gasteiger partial charge in [0.25, 0.3) is 0 Å². The third kappa shape index (κ3) is 7.54. The van der Waals surface area contributed by atoms with Gasteiger partial charge in [-0.2, -0.15) is 0 Å². The first-order chi connectivity index (χ1) is 15.9. The molecular weight excluding hydrogens is 434 g/mol. The lowest BCUT2D eigenvalue weighted by Gasteiger charge is -2.35. The number of nitrogens with two attached hydrogens (primary N) is 2. The zero-order chi connectivity index (χ0) is 23.7. The van der Waals surface area contributed by atoms with E-state index < -0.39 is 10.0 Å². The maximum absolute atomic E-state index is 12.7. The smallest absolute Gasteiger partial charge is 0.238 e. The SMILES string of the molecule is CCCCOc1cc(CC(CCN)N2CCCCC2)cc(S(N)(=O)=O)c1Cc1ccccc1. The molecule has 1 fully saturated rings. The summed E-state index contributed by atoms with van der Waals surface area (Å²) in [4.78, 5) is 2.67. The number of hydrogen-bond donors (Lipinski definition) is 2. The van der Waals surface area contributed by atoms with Crippen molar-refractivity contribution >= 4 is 10.0 Å². The highest BCUT2D eigenvalue weighted by Gasteiger charge is 2.24. The molecule has 0 saturated carbocycles. The third-order valence-electron chi connectivity index (χ3n) is 6.39. The number of nitrogens with zero attached hydrogens (tertiary/aromatic N) is 1. The lowest BCUT2D eigenvalue weighted by molar-refractivity contribution is 0.155. The lowest BCUT2D eigenvalue weighted by Crippen LogP contribution is -2.41. The molecule has 0 aromatic heterocycles. The van der Waals surface area contributed by atoms with Crippen molar-refractivity contribution < 1.29 is 13.2 Å². The molecule has 1 saturated heterocycles. The first kappa shape index (κ1) is 25.7. The quantitative estimate of drug-likeness (QED) is 0.456. The fourth-order valence-corrected chi connectivity index (χ4v) is 5.47. The molecule has 4 N–H and O–H groups in total. The van der Waals surface area contributed by atoms with Crippen molar-refractivity contribution in [2.75, 3.05) is 26.2 Å². The van der Waals surface area contributed by atoms with Gasteiger partial charge in [-0.1, -0.05) is 50.1 Å². The van der Waals surface area contributed by atoms with Gasteiger partial charge in [0.1, 0.15) is 5.75 Å². The molecule has 2 aromatic rings. The van der Waals surface area contributed by atoms with E-state index in [1.54, 1.807) is 6.07 Å². The summed E-state index contributed by atoms with van der Waals surface area (Å²) in [7, 11) is -3.92. The Hall–Kier alpha value is -1.93. The van der Waals surface area contributed by atoms with Crippen LogP contribution in [0.3, 0.4) is 0 Å². The van der Waals surface area contributed by atoms with Gasteiger partial charge in [0.15, 0.2) is 0 Å². The molecule has 33 heavy (non-hydrogen) atoms. The minimum absolute atomic E-state index is 0.167. The monoisotopic (exact) mass is 473 g/mol. The standard InChI is InChI=1S/C26H39N3O3S/c1-2-3-16-32-25-19-22(17-23(12-13-27)29-14-8-5-9-15-29)20-26(33(28,30)31)24(25)18-21-10-6-4-7-11-21/h4,6-7,10-11,19-20,23H,2-3,5,8-9,12-18,27H2,1H3,(H2,28,30,31). The second-order valence-corrected chi connectivity index (χ2v) is 10.5. The normalized spacial score (nSPS) is 16.0. The van der Waals surface area contributed by atoms with E-state index in [1.165, 1.54) is 19.3 Å². The molecule has 0 aliphatic carbocycles. The van der Waals surface area contributed by atoms with Crippen molar-refractivity contribution in [1.29, 1.82) is 0 Å². The Morgan fingerprint density at radius 1 is 1.06 bits per heavy atom. The highest BCUT2D eigenvalue weighted by Crippen LogP contribution is 2.32. The summed E-state index contributed by atoms with van der Waals surface area (Å²) < 4.78 is 31.5. The summed E-state index contributed by atoms with van der Waals surface area (Å²) in [6.07, 6.45) is 7.64. The van der Waals surface area contributed by atoms with Crippen molar-refractivity contribution in [3.63, 3.8) is 0 Å². The summed E-state index contributed by atoms with van der Waals surface area (Å²) >= 11 is 0. The van der Waals surface area contributed by atoms with E-state index >= 15 is 0 Å². The molecule has 1 unspecified atom stereocenters. The molecule has 1 aliphatic rings. The Balaban J connectivity index is 2.00. The molecule has 0 radical (unpaired) electrons. The predicted octanol–water partition coefficient (Wildman–Crippen LogP) is 3.85. The van der Waals surface area contributed by atoms with Gasteiger partial charge in [-0.3, -0.25) is 0 Å². The molecule has 0 amide bonds. The Morgan fingerprint density at radius 3 is 2.42 bits per heavy atom. The van der Waals surface area contributed by atoms with Gasteiger partial charge in [-0.25, -0.2) is 13.6 Å². The van der Waals surface area contributed by atoms with Crippen LogP contribution in [-0.4, -0.2) is 45.6 Å². The highest BCUT2D eigenvalue weighted by atomic mass is 32.2. The van der Waals surface area contributed by atoms with Crippen LogP contribution in [0.25, 0.3) is 0 Å². The summed E-state index contributed by atoms with van der Waals surface area (Å²) in [6, 6.07) is 13.9. The average Bonchev–Trinajstić information content (AvgIpc) is 2.81. The van der Waals surface area contributed by atoms with Gasteiger partial charge < -0.3 is 15.4 Å². The number of ether oxygens (including phenoxy) is 1. The number of rotatable bonds is 12. The molecule has 1 heterocycles. The van der Waals surface area contributed by atoms with Gasteiger partial charge in [0.2, 0.25) is 10.0 Å². The minimum Gasteiger partial charge on any atom is -0.493 e. The van der Waals surface area contributed by atoms with E-state index in [0.717, 1.165) is 49.9 Å². The van der Waals surface area contributed by atoms with Crippen LogP contribution in [0.1, 0.15) is 62.1 Å². The Bertz CT molecular complexity index is 974. The van der Waals surface area contributed by atoms with Gasteiger partial charge in [-0.15, -0.1) is 0 Å². The number of unbranched alkanes of at least 4 members (excludes halogenated alkanes) is 1. The van der Waals surface area contributed by atoms with Gasteiger partial charge in [0.05, 0.1) is 11.5 Å². The summed E-state index contributed by atoms with van der Waals surface area (Å²) in [5.41, 5.74) is 8.53. The first-order valence-corrected chi connectivity index (χ1v) is 13.8. The van der Waals surface area contributed by atoms with Crippen molar-refractivity contribution in [1.82, 2.24) is 4.90 Å². The van der Waals surface area contributed by atoms with E-state index in [2.05, 4.69) is 11.8 Å². The number of hydrogen-bond acceptors (Lipinski definition) is 5. The van der Waals surface area contributed by atoms with Crippen molar-refractivity contribution in [2.45, 2.75) is 69.2 Å². The second kappa shape index (κ2) is 12.5. The van der Waals surface area contributed by atoms with E-state index in [0.29, 0.717) is 30.9 Å². The van der Waals surface area contributed by atoms with E-state index in [9.17, 15) is 8.42 Å². The Kier molecular flexibility index (Phi) is 9.74. The highest BCUT2D eigenvalue weighted by molar-refractivity contribution is 7.89. The minimum atomic E-state index is -3.92. The molecule has 7 heteroatoms. The molecule has 182 valence electrons. The van der Waals surface area contributed by atoms with Crippen LogP contribution in [0.4, 0.5) is 0 Å². The van der Waals surface area contributed by atoms with E-state index in [4.69, 9.17) is 15.6 Å². The zero-order valence-electron chi connectivity index (χ0n) is 19.8. The van der Waals surface area contributed by atoms with Crippen LogP contribution in [-0.2, 0) is 22.9 Å². The lowest BCUT2D eigenvalue weighted by atomic mass is 9.96. The zero-order valence-corrected chi connectivity index (χ0v) is 20.7. The van der Waals surface area contributed by atoms with Gasteiger partial charge in [0, 0.05) is 18.0 Å². The maximum atomic E-state index is 12.7. The molecular formula is C26H39N3O3S. The molecule has 3 rings (SSSR count). The summed E-state index contributed by atoms with van der Waals surface area (Å²) in [5, 5.41) is 5.72. The Morgan fingerprint density at radius 2 is 1.79 bits per heavy atom. The largest absolute Gasteiger partial charge is 0.493 e. The van der Waals surface area contributed by atoms with Crippen LogP contribution < -0.4 is 15.6 Å². The molecule has 0 bridgehead atoms. The fourth-order valence-electron chi connectivity index (χ4n) is 4.64. The maximum Gasteiger partial charge on any atom is 0.238 e. The van der Waals surface area contributed by atoms with Gasteiger partial charge in [-0.05, 0) is 75.0 Å².